The molecule has 1 saturated heterocycles. The highest BCUT2D eigenvalue weighted by atomic mass is 16.1. The van der Waals surface area contributed by atoms with Gasteiger partial charge in [-0.1, -0.05) is 24.0 Å². The Bertz CT molecular complexity index is 421. The van der Waals surface area contributed by atoms with Gasteiger partial charge < -0.3 is 5.32 Å². The van der Waals surface area contributed by atoms with Crippen molar-refractivity contribution in [3.8, 4) is 0 Å². The zero-order valence-corrected chi connectivity index (χ0v) is 11.1. The molecular weight excluding hydrogens is 222 g/mol. The van der Waals surface area contributed by atoms with Crippen LogP contribution in [0.5, 0.6) is 0 Å². The second-order valence-corrected chi connectivity index (χ2v) is 6.82. The van der Waals surface area contributed by atoms with Crippen molar-refractivity contribution in [2.45, 2.75) is 63.8 Å². The largest absolute Gasteiger partial charge is 0.313 e. The van der Waals surface area contributed by atoms with E-state index in [-0.39, 0.29) is 0 Å². The number of carbonyl (C=O) groups is 1. The molecule has 2 bridgehead atoms. The number of allylic oxidation sites excluding steroid dienone is 1. The number of Topliss-reactive ketones (excluding diaryl/α,β-unsaturated/α-hetero) is 1. The number of ketones is 1. The molecule has 0 spiro atoms. The molecule has 2 heteroatoms. The third-order valence-corrected chi connectivity index (χ3v) is 6.13. The van der Waals surface area contributed by atoms with Crippen LogP contribution in [0, 0.1) is 11.3 Å². The lowest BCUT2D eigenvalue weighted by molar-refractivity contribution is -0.119. The fourth-order valence-corrected chi connectivity index (χ4v) is 5.40. The zero-order valence-electron chi connectivity index (χ0n) is 11.1. The molecule has 1 N–H and O–H groups in total. The lowest BCUT2D eigenvalue weighted by Crippen LogP contribution is -2.57. The highest BCUT2D eigenvalue weighted by Crippen LogP contribution is 2.59. The molecule has 0 amide bonds. The molecule has 3 aliphatic carbocycles. The maximum absolute atomic E-state index is 11.9. The summed E-state index contributed by atoms with van der Waals surface area (Å²) in [6, 6.07) is 0.728. The van der Waals surface area contributed by atoms with Crippen molar-refractivity contribution in [3.05, 3.63) is 11.1 Å². The van der Waals surface area contributed by atoms with Crippen molar-refractivity contribution in [1.82, 2.24) is 5.32 Å². The van der Waals surface area contributed by atoms with Crippen LogP contribution < -0.4 is 5.32 Å². The summed E-state index contributed by atoms with van der Waals surface area (Å²) in [6.07, 6.45) is 10.8. The van der Waals surface area contributed by atoms with Crippen LogP contribution in [0.3, 0.4) is 0 Å². The Balaban J connectivity index is 1.82. The van der Waals surface area contributed by atoms with Crippen LogP contribution in [0.4, 0.5) is 0 Å². The van der Waals surface area contributed by atoms with Crippen LogP contribution in [0.2, 0.25) is 0 Å². The lowest BCUT2D eigenvalue weighted by atomic mass is 9.51. The van der Waals surface area contributed by atoms with Gasteiger partial charge in [-0.05, 0) is 50.0 Å². The molecule has 0 aromatic rings. The first-order chi connectivity index (χ1) is 8.79. The fourth-order valence-electron chi connectivity index (χ4n) is 5.40. The quantitative estimate of drug-likeness (QED) is 0.665. The third kappa shape index (κ3) is 1.41. The number of nitrogens with one attached hydrogen (secondary N) is 1. The van der Waals surface area contributed by atoms with E-state index >= 15 is 0 Å². The highest BCUT2D eigenvalue weighted by Gasteiger charge is 2.52. The van der Waals surface area contributed by atoms with Crippen molar-refractivity contribution in [1.29, 1.82) is 0 Å². The molecular formula is C16H23NO. The summed E-state index contributed by atoms with van der Waals surface area (Å²) in [6.45, 7) is 1.17. The van der Waals surface area contributed by atoms with Gasteiger partial charge in [-0.2, -0.15) is 0 Å². The van der Waals surface area contributed by atoms with Crippen molar-refractivity contribution in [3.63, 3.8) is 0 Å². The number of piperidine rings is 1. The van der Waals surface area contributed by atoms with Gasteiger partial charge in [-0.3, -0.25) is 4.79 Å². The smallest absolute Gasteiger partial charge is 0.137 e. The molecule has 98 valence electrons. The van der Waals surface area contributed by atoms with E-state index in [2.05, 4.69) is 5.32 Å². The molecule has 2 fully saturated rings. The molecule has 0 aromatic carbocycles. The molecule has 18 heavy (non-hydrogen) atoms. The lowest BCUT2D eigenvalue weighted by Gasteiger charge is -2.57. The van der Waals surface area contributed by atoms with E-state index in [0.717, 1.165) is 31.2 Å². The van der Waals surface area contributed by atoms with Crippen LogP contribution in [0.1, 0.15) is 57.8 Å². The van der Waals surface area contributed by atoms with Gasteiger partial charge in [0.05, 0.1) is 0 Å². The Hall–Kier alpha value is -0.630. The molecule has 0 unspecified atom stereocenters. The van der Waals surface area contributed by atoms with E-state index in [0.29, 0.717) is 11.2 Å². The van der Waals surface area contributed by atoms with E-state index in [1.54, 1.807) is 11.1 Å². The highest BCUT2D eigenvalue weighted by molar-refractivity contribution is 5.83. The fraction of sp³-hybridized carbons (Fsp3) is 0.812. The average Bonchev–Trinajstić information content (AvgIpc) is 2.40. The topological polar surface area (TPSA) is 29.1 Å². The molecule has 4 rings (SSSR count). The minimum atomic E-state index is 0.442. The minimum Gasteiger partial charge on any atom is -0.313 e. The summed E-state index contributed by atoms with van der Waals surface area (Å²) >= 11 is 0. The number of hydrogen-bond donors (Lipinski definition) is 1. The van der Waals surface area contributed by atoms with Crippen LogP contribution in [-0.4, -0.2) is 18.4 Å². The van der Waals surface area contributed by atoms with Gasteiger partial charge >= 0.3 is 0 Å². The zero-order chi connectivity index (χ0) is 12.2. The van der Waals surface area contributed by atoms with Crippen LogP contribution in [0.15, 0.2) is 11.1 Å². The Labute approximate surface area is 109 Å². The van der Waals surface area contributed by atoms with Crippen LogP contribution in [0.25, 0.3) is 0 Å². The summed E-state index contributed by atoms with van der Waals surface area (Å²) in [7, 11) is 0. The Morgan fingerprint density at radius 2 is 2.11 bits per heavy atom. The SMILES string of the molecule is O=C1CCC2=C(C1)[C@@]13CCCC[C@H]1[C@@H](C2)NCC3. The molecule has 1 aliphatic heterocycles. The first-order valence-corrected chi connectivity index (χ1v) is 7.76. The summed E-state index contributed by atoms with van der Waals surface area (Å²) < 4.78 is 0. The predicted octanol–water partition coefficient (Wildman–Crippen LogP) is 2.98. The van der Waals surface area contributed by atoms with E-state index < -0.39 is 0 Å². The maximum Gasteiger partial charge on any atom is 0.137 e. The average molecular weight is 245 g/mol. The monoisotopic (exact) mass is 245 g/mol. The Morgan fingerprint density at radius 1 is 1.17 bits per heavy atom. The summed E-state index contributed by atoms with van der Waals surface area (Å²) in [4.78, 5) is 11.9. The van der Waals surface area contributed by atoms with Crippen molar-refractivity contribution in [2.75, 3.05) is 6.54 Å². The van der Waals surface area contributed by atoms with E-state index in [9.17, 15) is 4.79 Å². The van der Waals surface area contributed by atoms with Gasteiger partial charge in [-0.25, -0.2) is 0 Å². The standard InChI is InChI=1S/C16H23NO/c18-12-5-4-11-9-15-13-3-1-2-6-16(13,7-8-17-15)14(11)10-12/h13,15,17H,1-10H2/t13-,15+,16+/m0/s1. The molecule has 3 atom stereocenters. The Morgan fingerprint density at radius 3 is 3.06 bits per heavy atom. The van der Waals surface area contributed by atoms with Crippen molar-refractivity contribution < 1.29 is 4.79 Å². The first-order valence-electron chi connectivity index (χ1n) is 7.76. The van der Waals surface area contributed by atoms with Gasteiger partial charge in [-0.15, -0.1) is 0 Å². The number of hydrogen-bond acceptors (Lipinski definition) is 2. The molecule has 1 heterocycles. The van der Waals surface area contributed by atoms with Crippen molar-refractivity contribution >= 4 is 5.78 Å². The van der Waals surface area contributed by atoms with Crippen LogP contribution in [-0.2, 0) is 4.79 Å². The molecule has 1 saturated carbocycles. The van der Waals surface area contributed by atoms with Gasteiger partial charge in [0, 0.05) is 18.9 Å². The second kappa shape index (κ2) is 3.93. The van der Waals surface area contributed by atoms with Gasteiger partial charge in [0.2, 0.25) is 0 Å². The second-order valence-electron chi connectivity index (χ2n) is 6.82. The maximum atomic E-state index is 11.9. The van der Waals surface area contributed by atoms with Gasteiger partial charge in [0.15, 0.2) is 0 Å². The number of carbonyl (C=O) groups excluding carboxylic acids is 1. The van der Waals surface area contributed by atoms with Gasteiger partial charge in [0.25, 0.3) is 0 Å². The summed E-state index contributed by atoms with van der Waals surface area (Å²) in [5.41, 5.74) is 3.74. The molecule has 0 aromatic heterocycles. The number of rotatable bonds is 0. The molecule has 2 nitrogen and oxygen atoms in total. The molecule has 0 radical (unpaired) electrons. The van der Waals surface area contributed by atoms with Crippen molar-refractivity contribution in [2.24, 2.45) is 11.3 Å². The summed E-state index contributed by atoms with van der Waals surface area (Å²) in [5, 5.41) is 3.77. The minimum absolute atomic E-state index is 0.442. The third-order valence-electron chi connectivity index (χ3n) is 6.13. The summed E-state index contributed by atoms with van der Waals surface area (Å²) in [5.74, 6) is 1.34. The normalized spacial score (nSPS) is 43.4. The Kier molecular flexibility index (Phi) is 2.45. The molecule has 4 aliphatic rings. The van der Waals surface area contributed by atoms with E-state index in [1.807, 2.05) is 0 Å². The predicted molar refractivity (Wildman–Crippen MR) is 71.3 cm³/mol. The van der Waals surface area contributed by atoms with E-state index in [1.165, 1.54) is 45.1 Å². The van der Waals surface area contributed by atoms with Gasteiger partial charge in [0.1, 0.15) is 5.78 Å². The van der Waals surface area contributed by atoms with E-state index in [4.69, 9.17) is 0 Å². The first kappa shape index (κ1) is 11.2. The van der Waals surface area contributed by atoms with Crippen LogP contribution >= 0.6 is 0 Å².